The lowest BCUT2D eigenvalue weighted by atomic mass is 9.80. The van der Waals surface area contributed by atoms with Gasteiger partial charge < -0.3 is 14.9 Å². The van der Waals surface area contributed by atoms with Gasteiger partial charge in [-0.2, -0.15) is 4.98 Å². The number of nitrogens with zero attached hydrogens (tertiary/aromatic N) is 2. The monoisotopic (exact) mass is 363 g/mol. The van der Waals surface area contributed by atoms with E-state index in [2.05, 4.69) is 15.5 Å². The summed E-state index contributed by atoms with van der Waals surface area (Å²) in [4.78, 5) is 15.4. The van der Waals surface area contributed by atoms with Crippen LogP contribution in [0.1, 0.15) is 24.0 Å². The molecule has 0 saturated heterocycles. The number of aryl methyl sites for hydroxylation is 1. The number of carboxylic acid groups (broad SMARTS) is 1. The third-order valence-corrected chi connectivity index (χ3v) is 5.10. The summed E-state index contributed by atoms with van der Waals surface area (Å²) < 4.78 is 5.43. The lowest BCUT2D eigenvalue weighted by Crippen LogP contribution is -2.43. The van der Waals surface area contributed by atoms with Gasteiger partial charge in [0.15, 0.2) is 0 Å². The zero-order valence-corrected chi connectivity index (χ0v) is 15.1. The molecule has 2 aromatic carbocycles. The maximum absolute atomic E-state index is 10.8. The van der Waals surface area contributed by atoms with Crippen LogP contribution in [0.25, 0.3) is 22.8 Å². The number of aliphatic carboxylic acids is 1. The predicted molar refractivity (Wildman–Crippen MR) is 101 cm³/mol. The molecule has 0 radical (unpaired) electrons. The normalized spacial score (nSPS) is 18.9. The van der Waals surface area contributed by atoms with Gasteiger partial charge in [0.1, 0.15) is 0 Å². The second-order valence-corrected chi connectivity index (χ2v) is 7.02. The first-order valence-corrected chi connectivity index (χ1v) is 9.05. The second-order valence-electron chi connectivity index (χ2n) is 7.02. The van der Waals surface area contributed by atoms with Crippen molar-refractivity contribution < 1.29 is 14.4 Å². The van der Waals surface area contributed by atoms with Crippen molar-refractivity contribution in [3.05, 3.63) is 59.7 Å². The SMILES string of the molecule is Cc1ccccc1-c1nc(-c2ccc(CN[C@H]3C[C@@H](C(=O)O)C3)cc2)no1. The average molecular weight is 363 g/mol. The van der Waals surface area contributed by atoms with Crippen LogP contribution in [-0.4, -0.2) is 27.3 Å². The van der Waals surface area contributed by atoms with Crippen molar-refractivity contribution in [2.45, 2.75) is 32.4 Å². The van der Waals surface area contributed by atoms with Crippen LogP contribution < -0.4 is 5.32 Å². The van der Waals surface area contributed by atoms with Crippen LogP contribution >= 0.6 is 0 Å². The predicted octanol–water partition coefficient (Wildman–Crippen LogP) is 3.66. The largest absolute Gasteiger partial charge is 0.481 e. The van der Waals surface area contributed by atoms with Gasteiger partial charge >= 0.3 is 5.97 Å². The van der Waals surface area contributed by atoms with Gasteiger partial charge in [-0.1, -0.05) is 47.6 Å². The highest BCUT2D eigenvalue weighted by Crippen LogP contribution is 2.28. The number of carboxylic acids is 1. The van der Waals surface area contributed by atoms with E-state index in [4.69, 9.17) is 9.63 Å². The van der Waals surface area contributed by atoms with Crippen LogP contribution in [0, 0.1) is 12.8 Å². The van der Waals surface area contributed by atoms with E-state index in [1.807, 2.05) is 55.5 Å². The van der Waals surface area contributed by atoms with Crippen LogP contribution in [0.4, 0.5) is 0 Å². The van der Waals surface area contributed by atoms with Crippen molar-refractivity contribution >= 4 is 5.97 Å². The van der Waals surface area contributed by atoms with Gasteiger partial charge in [0.05, 0.1) is 5.92 Å². The Kier molecular flexibility index (Phi) is 4.73. The molecule has 4 rings (SSSR count). The minimum atomic E-state index is -0.692. The molecule has 0 amide bonds. The van der Waals surface area contributed by atoms with E-state index in [1.165, 1.54) is 0 Å². The Bertz CT molecular complexity index is 943. The van der Waals surface area contributed by atoms with E-state index in [0.717, 1.165) is 28.8 Å². The maximum Gasteiger partial charge on any atom is 0.306 e. The molecule has 0 bridgehead atoms. The summed E-state index contributed by atoms with van der Waals surface area (Å²) in [5.41, 5.74) is 4.07. The third-order valence-electron chi connectivity index (χ3n) is 5.10. The molecular weight excluding hydrogens is 342 g/mol. The highest BCUT2D eigenvalue weighted by atomic mass is 16.5. The molecule has 27 heavy (non-hydrogen) atoms. The molecule has 1 saturated carbocycles. The molecule has 0 aliphatic heterocycles. The number of carbonyl (C=O) groups is 1. The average Bonchev–Trinajstić information content (AvgIpc) is 3.11. The number of rotatable bonds is 6. The Balaban J connectivity index is 1.38. The Morgan fingerprint density at radius 1 is 1.19 bits per heavy atom. The summed E-state index contributed by atoms with van der Waals surface area (Å²) in [6.07, 6.45) is 1.41. The number of aromatic nitrogens is 2. The van der Waals surface area contributed by atoms with Gasteiger partial charge in [-0.3, -0.25) is 4.79 Å². The summed E-state index contributed by atoms with van der Waals surface area (Å²) in [7, 11) is 0. The van der Waals surface area contributed by atoms with Crippen LogP contribution in [0.15, 0.2) is 53.1 Å². The fraction of sp³-hybridized carbons (Fsp3) is 0.286. The van der Waals surface area contributed by atoms with E-state index < -0.39 is 5.97 Å². The van der Waals surface area contributed by atoms with Crippen LogP contribution in [0.2, 0.25) is 0 Å². The van der Waals surface area contributed by atoms with E-state index in [9.17, 15) is 4.79 Å². The van der Waals surface area contributed by atoms with E-state index in [-0.39, 0.29) is 5.92 Å². The molecule has 0 spiro atoms. The zero-order valence-electron chi connectivity index (χ0n) is 15.1. The molecule has 1 aliphatic carbocycles. The van der Waals surface area contributed by atoms with Crippen molar-refractivity contribution in [1.29, 1.82) is 0 Å². The Morgan fingerprint density at radius 2 is 1.93 bits per heavy atom. The first-order valence-electron chi connectivity index (χ1n) is 9.05. The van der Waals surface area contributed by atoms with Crippen LogP contribution in [0.5, 0.6) is 0 Å². The number of nitrogens with one attached hydrogen (secondary N) is 1. The topological polar surface area (TPSA) is 88.2 Å². The van der Waals surface area contributed by atoms with Crippen molar-refractivity contribution in [1.82, 2.24) is 15.5 Å². The molecule has 6 heteroatoms. The highest BCUT2D eigenvalue weighted by molar-refractivity contribution is 5.71. The first kappa shape index (κ1) is 17.4. The van der Waals surface area contributed by atoms with Gasteiger partial charge in [0.2, 0.25) is 5.82 Å². The van der Waals surface area contributed by atoms with Gasteiger partial charge in [-0.25, -0.2) is 0 Å². The summed E-state index contributed by atoms with van der Waals surface area (Å²) in [6.45, 7) is 2.74. The minimum Gasteiger partial charge on any atom is -0.481 e. The molecule has 6 nitrogen and oxygen atoms in total. The second kappa shape index (κ2) is 7.32. The van der Waals surface area contributed by atoms with Gasteiger partial charge in [-0.15, -0.1) is 0 Å². The Morgan fingerprint density at radius 3 is 2.63 bits per heavy atom. The Hall–Kier alpha value is -2.99. The van der Waals surface area contributed by atoms with Gasteiger partial charge in [0.25, 0.3) is 5.89 Å². The molecule has 138 valence electrons. The smallest absolute Gasteiger partial charge is 0.306 e. The van der Waals surface area contributed by atoms with Gasteiger partial charge in [-0.05, 0) is 37.0 Å². The molecule has 0 atom stereocenters. The number of hydrogen-bond donors (Lipinski definition) is 2. The fourth-order valence-corrected chi connectivity index (χ4v) is 3.28. The summed E-state index contributed by atoms with van der Waals surface area (Å²) in [6, 6.07) is 16.2. The van der Waals surface area contributed by atoms with Crippen molar-refractivity contribution in [3.63, 3.8) is 0 Å². The molecule has 0 unspecified atom stereocenters. The first-order chi connectivity index (χ1) is 13.1. The van der Waals surface area contributed by atoms with Crippen LogP contribution in [0.3, 0.4) is 0 Å². The molecule has 1 aliphatic rings. The molecule has 1 aromatic heterocycles. The fourth-order valence-electron chi connectivity index (χ4n) is 3.28. The standard InChI is InChI=1S/C21H21N3O3/c1-13-4-2-3-5-18(13)20-23-19(24-27-20)15-8-6-14(7-9-15)12-22-17-10-16(11-17)21(25)26/h2-9,16-17,22H,10-12H2,1H3,(H,25,26)/t16-,17+. The van der Waals surface area contributed by atoms with E-state index in [0.29, 0.717) is 30.6 Å². The number of benzene rings is 2. The summed E-state index contributed by atoms with van der Waals surface area (Å²) in [5, 5.41) is 16.4. The van der Waals surface area contributed by atoms with Crippen molar-refractivity contribution in [2.24, 2.45) is 5.92 Å². The van der Waals surface area contributed by atoms with Gasteiger partial charge in [0, 0.05) is 23.7 Å². The molecule has 1 heterocycles. The lowest BCUT2D eigenvalue weighted by Gasteiger charge is -2.33. The lowest BCUT2D eigenvalue weighted by molar-refractivity contribution is -0.145. The van der Waals surface area contributed by atoms with Crippen LogP contribution in [-0.2, 0) is 11.3 Å². The van der Waals surface area contributed by atoms with Crippen molar-refractivity contribution in [3.8, 4) is 22.8 Å². The molecular formula is C21H21N3O3. The van der Waals surface area contributed by atoms with E-state index in [1.54, 1.807) is 0 Å². The zero-order chi connectivity index (χ0) is 18.8. The highest BCUT2D eigenvalue weighted by Gasteiger charge is 2.33. The molecule has 2 N–H and O–H groups in total. The van der Waals surface area contributed by atoms with Crippen molar-refractivity contribution in [2.75, 3.05) is 0 Å². The number of hydrogen-bond acceptors (Lipinski definition) is 5. The third kappa shape index (κ3) is 3.75. The Labute approximate surface area is 157 Å². The molecule has 1 fully saturated rings. The minimum absolute atomic E-state index is 0.189. The molecule has 3 aromatic rings. The quantitative estimate of drug-likeness (QED) is 0.695. The van der Waals surface area contributed by atoms with E-state index >= 15 is 0 Å². The summed E-state index contributed by atoms with van der Waals surface area (Å²) >= 11 is 0. The maximum atomic E-state index is 10.8. The summed E-state index contributed by atoms with van der Waals surface area (Å²) in [5.74, 6) is 0.205.